The van der Waals surface area contributed by atoms with Crippen LogP contribution in [0.5, 0.6) is 0 Å². The molecule has 2 rings (SSSR count). The molecule has 0 saturated heterocycles. The van der Waals surface area contributed by atoms with Crippen LogP contribution in [0.25, 0.3) is 10.9 Å². The van der Waals surface area contributed by atoms with Gasteiger partial charge in [-0.25, -0.2) is 4.79 Å². The van der Waals surface area contributed by atoms with Gasteiger partial charge < -0.3 is 9.88 Å². The molecule has 2 N–H and O–H groups in total. The van der Waals surface area contributed by atoms with Crippen molar-refractivity contribution in [3.63, 3.8) is 0 Å². The molecule has 0 aliphatic carbocycles. The number of hydrogen-bond donors (Lipinski definition) is 2. The zero-order valence-electron chi connectivity index (χ0n) is 8.50. The summed E-state index contributed by atoms with van der Waals surface area (Å²) in [4.78, 5) is 29.3. The molecule has 0 aliphatic heterocycles. The van der Waals surface area contributed by atoms with Crippen LogP contribution in [-0.4, -0.2) is 24.1 Å². The highest BCUT2D eigenvalue weighted by molar-refractivity contribution is 5.90. The predicted octanol–water partition coefficient (Wildman–Crippen LogP) is 0.282. The standard InChI is InChI=1S/C10H11N3O2/c1-13(2)7-5-3-4-6-8(7)9(14)12-10(15)11-6/h3-5H,1-2H3,(H2,11,12,14,15). The van der Waals surface area contributed by atoms with Crippen LogP contribution in [0.4, 0.5) is 5.69 Å². The summed E-state index contributed by atoms with van der Waals surface area (Å²) >= 11 is 0. The molecule has 0 fully saturated rings. The van der Waals surface area contributed by atoms with E-state index in [4.69, 9.17) is 0 Å². The molecule has 1 heterocycles. The van der Waals surface area contributed by atoms with Crippen LogP contribution in [0.2, 0.25) is 0 Å². The molecule has 0 radical (unpaired) electrons. The Morgan fingerprint density at radius 2 is 1.87 bits per heavy atom. The predicted molar refractivity (Wildman–Crippen MR) is 59.5 cm³/mol. The number of rotatable bonds is 1. The largest absolute Gasteiger partial charge is 0.377 e. The Labute approximate surface area is 85.4 Å². The van der Waals surface area contributed by atoms with Gasteiger partial charge in [-0.2, -0.15) is 0 Å². The van der Waals surface area contributed by atoms with E-state index in [1.54, 1.807) is 12.1 Å². The smallest absolute Gasteiger partial charge is 0.326 e. The van der Waals surface area contributed by atoms with Gasteiger partial charge in [0.1, 0.15) is 0 Å². The van der Waals surface area contributed by atoms with Crippen molar-refractivity contribution in [3.05, 3.63) is 39.0 Å². The monoisotopic (exact) mass is 205 g/mol. The number of aromatic amines is 2. The Bertz CT molecular complexity index is 610. The van der Waals surface area contributed by atoms with Gasteiger partial charge in [0.15, 0.2) is 0 Å². The zero-order valence-corrected chi connectivity index (χ0v) is 8.50. The van der Waals surface area contributed by atoms with Gasteiger partial charge in [-0.15, -0.1) is 0 Å². The molecule has 78 valence electrons. The summed E-state index contributed by atoms with van der Waals surface area (Å²) in [6, 6.07) is 5.34. The van der Waals surface area contributed by atoms with E-state index in [0.717, 1.165) is 5.69 Å². The van der Waals surface area contributed by atoms with Crippen LogP contribution in [-0.2, 0) is 0 Å². The van der Waals surface area contributed by atoms with Gasteiger partial charge in [0.2, 0.25) is 0 Å². The molecule has 0 atom stereocenters. The van der Waals surface area contributed by atoms with Crippen LogP contribution >= 0.6 is 0 Å². The van der Waals surface area contributed by atoms with Crippen molar-refractivity contribution < 1.29 is 0 Å². The third-order valence-electron chi connectivity index (χ3n) is 2.23. The summed E-state index contributed by atoms with van der Waals surface area (Å²) in [6.07, 6.45) is 0. The third-order valence-corrected chi connectivity index (χ3v) is 2.23. The van der Waals surface area contributed by atoms with Crippen molar-refractivity contribution in [3.8, 4) is 0 Å². The van der Waals surface area contributed by atoms with Crippen molar-refractivity contribution in [2.24, 2.45) is 0 Å². The number of H-pyrrole nitrogens is 2. The first-order valence-electron chi connectivity index (χ1n) is 4.52. The van der Waals surface area contributed by atoms with Crippen molar-refractivity contribution in [2.45, 2.75) is 0 Å². The van der Waals surface area contributed by atoms with E-state index < -0.39 is 5.69 Å². The highest BCUT2D eigenvalue weighted by Gasteiger charge is 2.07. The molecule has 0 amide bonds. The summed E-state index contributed by atoms with van der Waals surface area (Å²) in [5.74, 6) is 0. The fourth-order valence-corrected chi connectivity index (χ4v) is 1.57. The lowest BCUT2D eigenvalue weighted by Gasteiger charge is -2.13. The molecular formula is C10H11N3O2. The maximum absolute atomic E-state index is 11.6. The molecule has 0 bridgehead atoms. The average molecular weight is 205 g/mol. The van der Waals surface area contributed by atoms with E-state index in [-0.39, 0.29) is 5.56 Å². The number of nitrogens with one attached hydrogen (secondary N) is 2. The summed E-state index contributed by atoms with van der Waals surface area (Å²) < 4.78 is 0. The Morgan fingerprint density at radius 1 is 1.13 bits per heavy atom. The Balaban J connectivity index is 2.98. The molecule has 0 aliphatic rings. The second-order valence-corrected chi connectivity index (χ2v) is 3.50. The second kappa shape index (κ2) is 3.27. The van der Waals surface area contributed by atoms with Crippen molar-refractivity contribution in [1.82, 2.24) is 9.97 Å². The fraction of sp³-hybridized carbons (Fsp3) is 0.200. The van der Waals surface area contributed by atoms with Gasteiger partial charge in [0.25, 0.3) is 5.56 Å². The summed E-state index contributed by atoms with van der Waals surface area (Å²) in [5.41, 5.74) is 0.487. The van der Waals surface area contributed by atoms with E-state index in [0.29, 0.717) is 10.9 Å². The molecular weight excluding hydrogens is 194 g/mol. The van der Waals surface area contributed by atoms with E-state index in [2.05, 4.69) is 9.97 Å². The molecule has 5 heteroatoms. The molecule has 15 heavy (non-hydrogen) atoms. The van der Waals surface area contributed by atoms with Crippen LogP contribution in [0.3, 0.4) is 0 Å². The lowest BCUT2D eigenvalue weighted by molar-refractivity contribution is 1.07. The second-order valence-electron chi connectivity index (χ2n) is 3.50. The van der Waals surface area contributed by atoms with E-state index in [9.17, 15) is 9.59 Å². The first-order valence-corrected chi connectivity index (χ1v) is 4.52. The molecule has 1 aromatic heterocycles. The molecule has 2 aromatic rings. The minimum atomic E-state index is -0.483. The average Bonchev–Trinajstić information content (AvgIpc) is 2.16. The van der Waals surface area contributed by atoms with Gasteiger partial charge in [-0.05, 0) is 12.1 Å². The topological polar surface area (TPSA) is 69.0 Å². The van der Waals surface area contributed by atoms with Crippen molar-refractivity contribution in [2.75, 3.05) is 19.0 Å². The van der Waals surface area contributed by atoms with Gasteiger partial charge >= 0.3 is 5.69 Å². The number of nitrogens with zero attached hydrogens (tertiary/aromatic N) is 1. The van der Waals surface area contributed by atoms with Gasteiger partial charge in [-0.1, -0.05) is 6.07 Å². The number of fused-ring (bicyclic) bond motifs is 1. The summed E-state index contributed by atoms with van der Waals surface area (Å²) in [5, 5.41) is 0.502. The highest BCUT2D eigenvalue weighted by Crippen LogP contribution is 2.19. The number of benzene rings is 1. The number of aromatic nitrogens is 2. The minimum Gasteiger partial charge on any atom is -0.377 e. The Kier molecular flexibility index (Phi) is 2.07. The first kappa shape index (κ1) is 9.51. The summed E-state index contributed by atoms with van der Waals surface area (Å²) in [6.45, 7) is 0. The Hall–Kier alpha value is -2.04. The van der Waals surface area contributed by atoms with Gasteiger partial charge in [0.05, 0.1) is 16.6 Å². The number of anilines is 1. The van der Waals surface area contributed by atoms with Crippen LogP contribution in [0.1, 0.15) is 0 Å². The number of hydrogen-bond acceptors (Lipinski definition) is 3. The lowest BCUT2D eigenvalue weighted by Crippen LogP contribution is -2.23. The van der Waals surface area contributed by atoms with Crippen molar-refractivity contribution >= 4 is 16.6 Å². The summed E-state index contributed by atoms with van der Waals surface area (Å²) in [7, 11) is 3.69. The van der Waals surface area contributed by atoms with Crippen molar-refractivity contribution in [1.29, 1.82) is 0 Å². The normalized spacial score (nSPS) is 10.5. The SMILES string of the molecule is CN(C)c1cccc2[nH]c(=O)[nH]c(=O)c12. The van der Waals surface area contributed by atoms with Gasteiger partial charge in [-0.3, -0.25) is 9.78 Å². The van der Waals surface area contributed by atoms with E-state index in [1.807, 2.05) is 25.1 Å². The molecule has 1 aromatic carbocycles. The fourth-order valence-electron chi connectivity index (χ4n) is 1.57. The minimum absolute atomic E-state index is 0.363. The molecule has 0 saturated carbocycles. The highest BCUT2D eigenvalue weighted by atomic mass is 16.2. The Morgan fingerprint density at radius 3 is 2.53 bits per heavy atom. The first-order chi connectivity index (χ1) is 7.09. The van der Waals surface area contributed by atoms with E-state index in [1.165, 1.54) is 0 Å². The maximum Gasteiger partial charge on any atom is 0.326 e. The molecule has 0 unspecified atom stereocenters. The molecule has 5 nitrogen and oxygen atoms in total. The maximum atomic E-state index is 11.6. The van der Waals surface area contributed by atoms with E-state index >= 15 is 0 Å². The quantitative estimate of drug-likeness (QED) is 0.702. The lowest BCUT2D eigenvalue weighted by atomic mass is 10.2. The van der Waals surface area contributed by atoms with Crippen LogP contribution in [0.15, 0.2) is 27.8 Å². The van der Waals surface area contributed by atoms with Gasteiger partial charge in [0, 0.05) is 14.1 Å². The zero-order chi connectivity index (χ0) is 11.0. The van der Waals surface area contributed by atoms with Crippen LogP contribution < -0.4 is 16.1 Å². The van der Waals surface area contributed by atoms with Crippen LogP contribution in [0, 0.1) is 0 Å². The third kappa shape index (κ3) is 1.52. The molecule has 0 spiro atoms.